The van der Waals surface area contributed by atoms with Gasteiger partial charge in [0, 0.05) is 16.5 Å². The predicted molar refractivity (Wildman–Crippen MR) is 71.3 cm³/mol. The minimum Gasteiger partial charge on any atom is -0.398 e. The lowest BCUT2D eigenvalue weighted by molar-refractivity contribution is 0.103. The van der Waals surface area contributed by atoms with Gasteiger partial charge >= 0.3 is 0 Å². The number of benzene rings is 1. The summed E-state index contributed by atoms with van der Waals surface area (Å²) in [5, 5.41) is 2.21. The first-order chi connectivity index (χ1) is 7.58. The lowest BCUT2D eigenvalue weighted by atomic mass is 10.1. The van der Waals surface area contributed by atoms with Crippen molar-refractivity contribution in [3.05, 3.63) is 49.6 Å². The second-order valence-corrected chi connectivity index (χ2v) is 5.90. The molecule has 2 nitrogen and oxygen atoms in total. The molecule has 0 aliphatic rings. The molecular formula is C11H7BrClNOS. The second-order valence-electron chi connectivity index (χ2n) is 3.20. The van der Waals surface area contributed by atoms with Crippen molar-refractivity contribution in [2.24, 2.45) is 0 Å². The molecule has 0 aliphatic heterocycles. The van der Waals surface area contributed by atoms with Gasteiger partial charge in [0.05, 0.1) is 14.5 Å². The summed E-state index contributed by atoms with van der Waals surface area (Å²) in [6.45, 7) is 0. The van der Waals surface area contributed by atoms with Crippen LogP contribution in [0.5, 0.6) is 0 Å². The van der Waals surface area contributed by atoms with Crippen LogP contribution in [-0.2, 0) is 0 Å². The molecule has 0 unspecified atom stereocenters. The van der Waals surface area contributed by atoms with Crippen LogP contribution in [0.4, 0.5) is 5.69 Å². The average molecular weight is 317 g/mol. The molecule has 2 N–H and O–H groups in total. The van der Waals surface area contributed by atoms with E-state index >= 15 is 0 Å². The fourth-order valence-electron chi connectivity index (χ4n) is 1.26. The van der Waals surface area contributed by atoms with E-state index in [1.54, 1.807) is 29.6 Å². The van der Waals surface area contributed by atoms with E-state index < -0.39 is 0 Å². The minimum absolute atomic E-state index is 0.0520. The van der Waals surface area contributed by atoms with E-state index in [4.69, 9.17) is 17.3 Å². The zero-order valence-electron chi connectivity index (χ0n) is 8.04. The molecule has 0 atom stereocenters. The number of carbonyl (C=O) groups excluding carboxylic acids is 1. The van der Waals surface area contributed by atoms with E-state index in [0.29, 0.717) is 21.8 Å². The van der Waals surface area contributed by atoms with Gasteiger partial charge < -0.3 is 5.73 Å². The molecule has 0 fully saturated rings. The zero-order valence-corrected chi connectivity index (χ0v) is 11.2. The van der Waals surface area contributed by atoms with Crippen LogP contribution in [0.15, 0.2) is 33.4 Å². The van der Waals surface area contributed by atoms with Crippen LogP contribution >= 0.6 is 38.9 Å². The third-order valence-electron chi connectivity index (χ3n) is 2.09. The molecule has 0 radical (unpaired) electrons. The number of rotatable bonds is 2. The van der Waals surface area contributed by atoms with Crippen LogP contribution in [0.3, 0.4) is 0 Å². The molecule has 0 amide bonds. The summed E-state index contributed by atoms with van der Waals surface area (Å²) in [6, 6.07) is 6.69. The monoisotopic (exact) mass is 315 g/mol. The molecule has 0 saturated heterocycles. The first-order valence-electron chi connectivity index (χ1n) is 4.41. The summed E-state index contributed by atoms with van der Waals surface area (Å²) in [7, 11) is 0. The van der Waals surface area contributed by atoms with Gasteiger partial charge in [-0.25, -0.2) is 0 Å². The number of hydrogen-bond donors (Lipinski definition) is 1. The Morgan fingerprint density at radius 1 is 1.31 bits per heavy atom. The van der Waals surface area contributed by atoms with Crippen molar-refractivity contribution in [2.45, 2.75) is 0 Å². The van der Waals surface area contributed by atoms with Crippen molar-refractivity contribution in [3.63, 3.8) is 0 Å². The third kappa shape index (κ3) is 2.29. The van der Waals surface area contributed by atoms with Crippen LogP contribution in [0.1, 0.15) is 15.9 Å². The van der Waals surface area contributed by atoms with Crippen molar-refractivity contribution >= 4 is 50.3 Å². The number of thiophene rings is 1. The number of anilines is 1. The van der Waals surface area contributed by atoms with Crippen molar-refractivity contribution in [1.29, 1.82) is 0 Å². The standard InChI is InChI=1S/C11H7BrClNOS/c12-10-4-7(5-16-10)11(15)6-1-2-9(14)8(13)3-6/h1-5H,14H2. The summed E-state index contributed by atoms with van der Waals surface area (Å²) < 4.78 is 0.928. The summed E-state index contributed by atoms with van der Waals surface area (Å²) in [5.41, 5.74) is 7.26. The minimum atomic E-state index is -0.0520. The highest BCUT2D eigenvalue weighted by Crippen LogP contribution is 2.25. The van der Waals surface area contributed by atoms with E-state index in [0.717, 1.165) is 3.79 Å². The molecule has 2 rings (SSSR count). The summed E-state index contributed by atoms with van der Waals surface area (Å²) in [5.74, 6) is -0.0520. The quantitative estimate of drug-likeness (QED) is 0.673. The Kier molecular flexibility index (Phi) is 3.33. The zero-order chi connectivity index (χ0) is 11.7. The van der Waals surface area contributed by atoms with Gasteiger partial charge in [-0.15, -0.1) is 11.3 Å². The topological polar surface area (TPSA) is 43.1 Å². The van der Waals surface area contributed by atoms with Gasteiger partial charge in [0.25, 0.3) is 0 Å². The molecule has 1 heterocycles. The number of halogens is 2. The van der Waals surface area contributed by atoms with E-state index in [-0.39, 0.29) is 5.78 Å². The molecule has 0 spiro atoms. The normalized spacial score (nSPS) is 10.4. The Morgan fingerprint density at radius 2 is 2.06 bits per heavy atom. The van der Waals surface area contributed by atoms with Gasteiger partial charge in [0.1, 0.15) is 0 Å². The lowest BCUT2D eigenvalue weighted by Gasteiger charge is -2.01. The van der Waals surface area contributed by atoms with Crippen molar-refractivity contribution in [1.82, 2.24) is 0 Å². The Bertz CT molecular complexity index is 553. The molecule has 1 aromatic carbocycles. The SMILES string of the molecule is Nc1ccc(C(=O)c2csc(Br)c2)cc1Cl. The maximum absolute atomic E-state index is 12.0. The summed E-state index contributed by atoms with van der Waals surface area (Å²) in [4.78, 5) is 12.0. The largest absolute Gasteiger partial charge is 0.398 e. The van der Waals surface area contributed by atoms with E-state index in [2.05, 4.69) is 15.9 Å². The van der Waals surface area contributed by atoms with Crippen molar-refractivity contribution in [3.8, 4) is 0 Å². The van der Waals surface area contributed by atoms with E-state index in [1.165, 1.54) is 11.3 Å². The van der Waals surface area contributed by atoms with Crippen molar-refractivity contribution < 1.29 is 4.79 Å². The molecule has 0 aliphatic carbocycles. The molecule has 82 valence electrons. The highest BCUT2D eigenvalue weighted by molar-refractivity contribution is 9.11. The van der Waals surface area contributed by atoms with Crippen LogP contribution < -0.4 is 5.73 Å². The van der Waals surface area contributed by atoms with E-state index in [9.17, 15) is 4.79 Å². The molecule has 0 bridgehead atoms. The number of carbonyl (C=O) groups is 1. The fraction of sp³-hybridized carbons (Fsp3) is 0. The maximum atomic E-state index is 12.0. The van der Waals surface area contributed by atoms with Crippen LogP contribution in [-0.4, -0.2) is 5.78 Å². The Hall–Kier alpha value is -0.840. The number of ketones is 1. The first kappa shape index (κ1) is 11.6. The van der Waals surface area contributed by atoms with Gasteiger partial charge in [-0.2, -0.15) is 0 Å². The fourth-order valence-corrected chi connectivity index (χ4v) is 2.58. The van der Waals surface area contributed by atoms with Gasteiger partial charge in [-0.1, -0.05) is 11.6 Å². The molecule has 2 aromatic rings. The molecule has 5 heteroatoms. The molecule has 1 aromatic heterocycles. The number of hydrogen-bond acceptors (Lipinski definition) is 3. The van der Waals surface area contributed by atoms with Crippen LogP contribution in [0, 0.1) is 0 Å². The van der Waals surface area contributed by atoms with Crippen LogP contribution in [0.2, 0.25) is 5.02 Å². The average Bonchev–Trinajstić information content (AvgIpc) is 2.68. The van der Waals surface area contributed by atoms with Crippen LogP contribution in [0.25, 0.3) is 0 Å². The maximum Gasteiger partial charge on any atom is 0.193 e. The second kappa shape index (κ2) is 4.57. The Morgan fingerprint density at radius 3 is 2.62 bits per heavy atom. The summed E-state index contributed by atoms with van der Waals surface area (Å²) in [6.07, 6.45) is 0. The highest BCUT2D eigenvalue weighted by atomic mass is 79.9. The third-order valence-corrected chi connectivity index (χ3v) is 3.92. The number of nitrogens with two attached hydrogens (primary N) is 1. The van der Waals surface area contributed by atoms with Crippen molar-refractivity contribution in [2.75, 3.05) is 5.73 Å². The van der Waals surface area contributed by atoms with Gasteiger partial charge in [0.2, 0.25) is 0 Å². The van der Waals surface area contributed by atoms with Gasteiger partial charge in [-0.3, -0.25) is 4.79 Å². The Balaban J connectivity index is 2.38. The predicted octanol–water partition coefficient (Wildman–Crippen LogP) is 3.98. The van der Waals surface area contributed by atoms with Gasteiger partial charge in [-0.05, 0) is 40.2 Å². The smallest absolute Gasteiger partial charge is 0.193 e. The molecule has 16 heavy (non-hydrogen) atoms. The highest BCUT2D eigenvalue weighted by Gasteiger charge is 2.11. The van der Waals surface area contributed by atoms with E-state index in [1.807, 2.05) is 0 Å². The lowest BCUT2D eigenvalue weighted by Crippen LogP contribution is -2.00. The summed E-state index contributed by atoms with van der Waals surface area (Å²) >= 11 is 10.7. The number of nitrogen functional groups attached to an aromatic ring is 1. The van der Waals surface area contributed by atoms with Gasteiger partial charge in [0.15, 0.2) is 5.78 Å². The first-order valence-corrected chi connectivity index (χ1v) is 6.47. The molecular weight excluding hydrogens is 310 g/mol. The Labute approximate surface area is 110 Å². The molecule has 0 saturated carbocycles.